The van der Waals surface area contributed by atoms with Gasteiger partial charge in [-0.3, -0.25) is 0 Å². The van der Waals surface area contributed by atoms with E-state index in [0.29, 0.717) is 19.4 Å². The summed E-state index contributed by atoms with van der Waals surface area (Å²) in [6, 6.07) is 0. The molecule has 0 bridgehead atoms. The first-order valence-corrected chi connectivity index (χ1v) is 4.98. The molecule has 0 aliphatic rings. The zero-order valence-electron chi connectivity index (χ0n) is 8.50. The largest absolute Gasteiger partial charge is 0.396 e. The second-order valence-electron chi connectivity index (χ2n) is 2.89. The number of hydrogen-bond donors (Lipinski definition) is 1. The van der Waals surface area contributed by atoms with Gasteiger partial charge < -0.3 is 14.6 Å². The smallest absolute Gasteiger partial charge is 0.157 e. The highest BCUT2D eigenvalue weighted by Crippen LogP contribution is 2.02. The second-order valence-corrected chi connectivity index (χ2v) is 2.89. The molecule has 0 saturated carbocycles. The topological polar surface area (TPSA) is 38.7 Å². The zero-order chi connectivity index (χ0) is 9.94. The zero-order valence-corrected chi connectivity index (χ0v) is 8.50. The van der Waals surface area contributed by atoms with Crippen LogP contribution in [0.2, 0.25) is 0 Å². The molecule has 0 spiro atoms. The van der Waals surface area contributed by atoms with E-state index in [-0.39, 0.29) is 12.9 Å². The first-order chi connectivity index (χ1) is 6.35. The third-order valence-electron chi connectivity index (χ3n) is 1.64. The van der Waals surface area contributed by atoms with Crippen LogP contribution in [0.15, 0.2) is 0 Å². The summed E-state index contributed by atoms with van der Waals surface area (Å²) in [5, 5.41) is 8.53. The van der Waals surface area contributed by atoms with Crippen LogP contribution in [-0.4, -0.2) is 31.2 Å². The Morgan fingerprint density at radius 3 is 2.31 bits per heavy atom. The molecule has 1 atom stereocenters. The molecule has 13 heavy (non-hydrogen) atoms. The average Bonchev–Trinajstić information content (AvgIpc) is 2.16. The lowest BCUT2D eigenvalue weighted by atomic mass is 10.3. The van der Waals surface area contributed by atoms with Gasteiger partial charge in [0.05, 0.1) is 6.61 Å². The third-order valence-corrected chi connectivity index (χ3v) is 1.64. The number of rotatable bonds is 9. The van der Waals surface area contributed by atoms with Crippen LogP contribution in [0.3, 0.4) is 0 Å². The van der Waals surface area contributed by atoms with Crippen molar-refractivity contribution >= 4 is 0 Å². The molecular formula is C10H21O3. The molecule has 0 rings (SSSR count). The first kappa shape index (κ1) is 12.9. The lowest BCUT2D eigenvalue weighted by molar-refractivity contribution is -0.142. The van der Waals surface area contributed by atoms with Crippen molar-refractivity contribution in [1.29, 1.82) is 0 Å². The molecule has 0 aliphatic carbocycles. The monoisotopic (exact) mass is 189 g/mol. The van der Waals surface area contributed by atoms with Gasteiger partial charge in [-0.1, -0.05) is 13.3 Å². The maximum absolute atomic E-state index is 8.53. The SMILES string of the molecule is [CH2]CC(OCCCC)OCCCO. The molecule has 0 fully saturated rings. The van der Waals surface area contributed by atoms with Gasteiger partial charge in [-0.25, -0.2) is 0 Å². The van der Waals surface area contributed by atoms with Crippen molar-refractivity contribution < 1.29 is 14.6 Å². The van der Waals surface area contributed by atoms with Crippen LogP contribution in [0.1, 0.15) is 32.6 Å². The van der Waals surface area contributed by atoms with E-state index in [1.807, 2.05) is 0 Å². The van der Waals surface area contributed by atoms with Gasteiger partial charge in [0.25, 0.3) is 0 Å². The number of hydrogen-bond acceptors (Lipinski definition) is 3. The van der Waals surface area contributed by atoms with Crippen LogP contribution < -0.4 is 0 Å². The molecule has 0 amide bonds. The third kappa shape index (κ3) is 8.22. The number of ether oxygens (including phenoxy) is 2. The van der Waals surface area contributed by atoms with Crippen molar-refractivity contribution in [2.24, 2.45) is 0 Å². The van der Waals surface area contributed by atoms with Crippen molar-refractivity contribution in [1.82, 2.24) is 0 Å². The average molecular weight is 189 g/mol. The Bertz CT molecular complexity index is 86.2. The van der Waals surface area contributed by atoms with E-state index in [1.54, 1.807) is 0 Å². The summed E-state index contributed by atoms with van der Waals surface area (Å²) in [5.41, 5.74) is 0. The standard InChI is InChI=1S/C10H21O3/c1-3-5-8-12-10(4-2)13-9-6-7-11/h10-11H,2-9H2,1H3. The molecule has 0 aromatic rings. The molecule has 1 N–H and O–H groups in total. The van der Waals surface area contributed by atoms with Crippen LogP contribution in [0.25, 0.3) is 0 Å². The molecule has 0 aliphatic heterocycles. The second kappa shape index (κ2) is 9.96. The Morgan fingerprint density at radius 2 is 1.85 bits per heavy atom. The maximum atomic E-state index is 8.53. The minimum Gasteiger partial charge on any atom is -0.396 e. The highest BCUT2D eigenvalue weighted by molar-refractivity contribution is 4.47. The molecule has 3 nitrogen and oxygen atoms in total. The van der Waals surface area contributed by atoms with Gasteiger partial charge >= 0.3 is 0 Å². The van der Waals surface area contributed by atoms with Gasteiger partial charge in [0.15, 0.2) is 6.29 Å². The predicted octanol–water partition coefficient (Wildman–Crippen LogP) is 1.75. The fraction of sp³-hybridized carbons (Fsp3) is 0.900. The van der Waals surface area contributed by atoms with Crippen molar-refractivity contribution in [2.45, 2.75) is 38.9 Å². The Labute approximate surface area is 81.0 Å². The lowest BCUT2D eigenvalue weighted by Gasteiger charge is -2.16. The van der Waals surface area contributed by atoms with Gasteiger partial charge in [0, 0.05) is 13.2 Å². The lowest BCUT2D eigenvalue weighted by Crippen LogP contribution is -2.18. The summed E-state index contributed by atoms with van der Waals surface area (Å²) < 4.78 is 10.7. The summed E-state index contributed by atoms with van der Waals surface area (Å²) in [7, 11) is 0. The minimum atomic E-state index is -0.196. The molecule has 3 heteroatoms. The van der Waals surface area contributed by atoms with Crippen molar-refractivity contribution in [3.05, 3.63) is 6.92 Å². The molecule has 0 saturated heterocycles. The fourth-order valence-corrected chi connectivity index (χ4v) is 0.853. The summed E-state index contributed by atoms with van der Waals surface area (Å²) in [6.07, 6.45) is 3.27. The van der Waals surface area contributed by atoms with Gasteiger partial charge in [-0.05, 0) is 26.2 Å². The van der Waals surface area contributed by atoms with Gasteiger partial charge in [-0.2, -0.15) is 0 Å². The molecule has 0 heterocycles. The molecule has 1 radical (unpaired) electrons. The van der Waals surface area contributed by atoms with E-state index >= 15 is 0 Å². The van der Waals surface area contributed by atoms with Crippen LogP contribution in [0.5, 0.6) is 0 Å². The Morgan fingerprint density at radius 1 is 1.23 bits per heavy atom. The Balaban J connectivity index is 3.28. The van der Waals surface area contributed by atoms with E-state index < -0.39 is 0 Å². The van der Waals surface area contributed by atoms with E-state index in [4.69, 9.17) is 14.6 Å². The molecule has 0 aromatic heterocycles. The van der Waals surface area contributed by atoms with Crippen molar-refractivity contribution in [3.63, 3.8) is 0 Å². The predicted molar refractivity (Wildman–Crippen MR) is 52.3 cm³/mol. The summed E-state index contributed by atoms with van der Waals surface area (Å²) in [4.78, 5) is 0. The molecule has 79 valence electrons. The van der Waals surface area contributed by atoms with E-state index in [0.717, 1.165) is 19.4 Å². The highest BCUT2D eigenvalue weighted by Gasteiger charge is 2.04. The van der Waals surface area contributed by atoms with Gasteiger partial charge in [0.2, 0.25) is 0 Å². The van der Waals surface area contributed by atoms with Crippen LogP contribution in [-0.2, 0) is 9.47 Å². The first-order valence-electron chi connectivity index (χ1n) is 4.98. The van der Waals surface area contributed by atoms with Gasteiger partial charge in [-0.15, -0.1) is 0 Å². The minimum absolute atomic E-state index is 0.165. The van der Waals surface area contributed by atoms with Gasteiger partial charge in [0.1, 0.15) is 0 Å². The quantitative estimate of drug-likeness (QED) is 0.443. The molecule has 0 aromatic carbocycles. The fourth-order valence-electron chi connectivity index (χ4n) is 0.853. The maximum Gasteiger partial charge on any atom is 0.157 e. The number of aliphatic hydroxyl groups excluding tert-OH is 1. The van der Waals surface area contributed by atoms with Crippen LogP contribution in [0.4, 0.5) is 0 Å². The van der Waals surface area contributed by atoms with Crippen molar-refractivity contribution in [2.75, 3.05) is 19.8 Å². The Kier molecular flexibility index (Phi) is 9.87. The van der Waals surface area contributed by atoms with E-state index in [9.17, 15) is 0 Å². The molecular weight excluding hydrogens is 168 g/mol. The van der Waals surface area contributed by atoms with E-state index in [2.05, 4.69) is 13.8 Å². The van der Waals surface area contributed by atoms with E-state index in [1.165, 1.54) is 0 Å². The summed E-state index contributed by atoms with van der Waals surface area (Å²) in [5.74, 6) is 0. The number of unbranched alkanes of at least 4 members (excludes halogenated alkanes) is 1. The number of aliphatic hydroxyl groups is 1. The highest BCUT2D eigenvalue weighted by atomic mass is 16.7. The normalized spacial score (nSPS) is 13.2. The Hall–Kier alpha value is -0.120. The van der Waals surface area contributed by atoms with Crippen LogP contribution >= 0.6 is 0 Å². The van der Waals surface area contributed by atoms with Crippen molar-refractivity contribution in [3.8, 4) is 0 Å². The van der Waals surface area contributed by atoms with Crippen LogP contribution in [0, 0.1) is 6.92 Å². The summed E-state index contributed by atoms with van der Waals surface area (Å²) >= 11 is 0. The summed E-state index contributed by atoms with van der Waals surface area (Å²) in [6.45, 7) is 7.29. The molecule has 1 unspecified atom stereocenters.